The fourth-order valence-corrected chi connectivity index (χ4v) is 3.40. The van der Waals surface area contributed by atoms with Gasteiger partial charge in [0.2, 0.25) is 0 Å². The third-order valence-electron chi connectivity index (χ3n) is 4.84. The summed E-state index contributed by atoms with van der Waals surface area (Å²) in [7, 11) is 1.60. The predicted octanol–water partition coefficient (Wildman–Crippen LogP) is 1.72. The van der Waals surface area contributed by atoms with Crippen LogP contribution in [0.15, 0.2) is 18.3 Å². The maximum atomic E-state index is 12.3. The topological polar surface area (TPSA) is 96.7 Å². The van der Waals surface area contributed by atoms with E-state index in [0.717, 1.165) is 22.9 Å². The van der Waals surface area contributed by atoms with Gasteiger partial charge in [0.25, 0.3) is 5.91 Å². The minimum atomic E-state index is -0.863. The van der Waals surface area contributed by atoms with Crippen LogP contribution < -0.4 is 5.32 Å². The van der Waals surface area contributed by atoms with Gasteiger partial charge in [0.05, 0.1) is 12.1 Å². The SMILES string of the molecule is COCCNC(=O)c1ccc2nn(CC3CCN(C(=O)O)C3)cc2c1C. The number of fused-ring (bicyclic) bond motifs is 1. The van der Waals surface area contributed by atoms with Gasteiger partial charge in [-0.1, -0.05) is 0 Å². The first-order valence-electron chi connectivity index (χ1n) is 8.71. The molecule has 0 aliphatic carbocycles. The molecule has 3 rings (SSSR count). The summed E-state index contributed by atoms with van der Waals surface area (Å²) in [6, 6.07) is 3.64. The number of hydrogen-bond donors (Lipinski definition) is 2. The lowest BCUT2D eigenvalue weighted by Crippen LogP contribution is -2.27. The van der Waals surface area contributed by atoms with E-state index in [4.69, 9.17) is 9.84 Å². The number of aromatic nitrogens is 2. The number of methoxy groups -OCH3 is 1. The molecule has 26 heavy (non-hydrogen) atoms. The van der Waals surface area contributed by atoms with E-state index in [1.807, 2.05) is 23.9 Å². The van der Waals surface area contributed by atoms with Crippen LogP contribution in [0, 0.1) is 12.8 Å². The van der Waals surface area contributed by atoms with Gasteiger partial charge < -0.3 is 20.1 Å². The fourth-order valence-electron chi connectivity index (χ4n) is 3.40. The van der Waals surface area contributed by atoms with Gasteiger partial charge in [-0.2, -0.15) is 5.10 Å². The summed E-state index contributed by atoms with van der Waals surface area (Å²) >= 11 is 0. The van der Waals surface area contributed by atoms with E-state index >= 15 is 0 Å². The molecule has 0 spiro atoms. The smallest absolute Gasteiger partial charge is 0.407 e. The number of rotatable bonds is 6. The highest BCUT2D eigenvalue weighted by molar-refractivity contribution is 6.00. The van der Waals surface area contributed by atoms with E-state index < -0.39 is 6.09 Å². The average molecular weight is 360 g/mol. The third kappa shape index (κ3) is 3.80. The van der Waals surface area contributed by atoms with Crippen LogP contribution in [0.25, 0.3) is 10.9 Å². The number of benzene rings is 1. The van der Waals surface area contributed by atoms with Gasteiger partial charge in [0.15, 0.2) is 0 Å². The Morgan fingerprint density at radius 2 is 2.23 bits per heavy atom. The molecule has 1 aliphatic heterocycles. The van der Waals surface area contributed by atoms with E-state index in [1.165, 1.54) is 4.90 Å². The van der Waals surface area contributed by atoms with Crippen LogP contribution in [0.3, 0.4) is 0 Å². The van der Waals surface area contributed by atoms with Crippen molar-refractivity contribution in [1.29, 1.82) is 0 Å². The largest absolute Gasteiger partial charge is 0.465 e. The highest BCUT2D eigenvalue weighted by Crippen LogP contribution is 2.23. The van der Waals surface area contributed by atoms with Crippen molar-refractivity contribution in [2.45, 2.75) is 19.9 Å². The molecule has 1 fully saturated rings. The van der Waals surface area contributed by atoms with Crippen LogP contribution in [0.2, 0.25) is 0 Å². The Kier molecular flexibility index (Phi) is 5.41. The molecule has 8 heteroatoms. The van der Waals surface area contributed by atoms with Gasteiger partial charge >= 0.3 is 6.09 Å². The molecule has 2 aromatic rings. The summed E-state index contributed by atoms with van der Waals surface area (Å²) in [5.74, 6) is 0.139. The van der Waals surface area contributed by atoms with Crippen LogP contribution in [0.1, 0.15) is 22.3 Å². The van der Waals surface area contributed by atoms with Crippen molar-refractivity contribution in [2.75, 3.05) is 33.4 Å². The van der Waals surface area contributed by atoms with Gasteiger partial charge in [-0.05, 0) is 37.0 Å². The Balaban J connectivity index is 1.73. The van der Waals surface area contributed by atoms with E-state index in [2.05, 4.69) is 10.4 Å². The number of aryl methyl sites for hydroxylation is 1. The molecule has 2 heterocycles. The van der Waals surface area contributed by atoms with Crippen molar-refractivity contribution in [1.82, 2.24) is 20.0 Å². The Bertz CT molecular complexity index is 817. The molecule has 1 atom stereocenters. The van der Waals surface area contributed by atoms with Crippen molar-refractivity contribution in [3.05, 3.63) is 29.5 Å². The lowest BCUT2D eigenvalue weighted by molar-refractivity contribution is 0.0936. The molecule has 2 N–H and O–H groups in total. The molecule has 0 saturated carbocycles. The number of amides is 2. The molecule has 140 valence electrons. The standard InChI is InChI=1S/C18H24N4O4/c1-12-14(17(23)19-6-8-26-2)3-4-16-15(12)11-22(20-16)10-13-5-7-21(9-13)18(24)25/h3-4,11,13H,5-10H2,1-2H3,(H,19,23)(H,24,25). The molecule has 1 aliphatic rings. The lowest BCUT2D eigenvalue weighted by atomic mass is 10.0. The van der Waals surface area contributed by atoms with E-state index in [0.29, 0.717) is 38.3 Å². The summed E-state index contributed by atoms with van der Waals surface area (Å²) in [6.45, 7) is 4.64. The number of nitrogens with one attached hydrogen (secondary N) is 1. The van der Waals surface area contributed by atoms with E-state index in [1.54, 1.807) is 13.2 Å². The first kappa shape index (κ1) is 18.2. The van der Waals surface area contributed by atoms with Gasteiger partial charge in [-0.3, -0.25) is 9.48 Å². The Labute approximate surface area is 151 Å². The predicted molar refractivity (Wildman–Crippen MR) is 96.4 cm³/mol. The number of ether oxygens (including phenoxy) is 1. The molecule has 1 aromatic heterocycles. The number of carbonyl (C=O) groups is 2. The Morgan fingerprint density at radius 1 is 1.42 bits per heavy atom. The van der Waals surface area contributed by atoms with Crippen LogP contribution in [0.4, 0.5) is 4.79 Å². The molecule has 8 nitrogen and oxygen atoms in total. The molecule has 0 radical (unpaired) electrons. The van der Waals surface area contributed by atoms with Crippen LogP contribution in [-0.2, 0) is 11.3 Å². The second-order valence-electron chi connectivity index (χ2n) is 6.65. The summed E-state index contributed by atoms with van der Waals surface area (Å²) in [5.41, 5.74) is 2.36. The molecule has 0 bridgehead atoms. The summed E-state index contributed by atoms with van der Waals surface area (Å²) in [6.07, 6.45) is 1.92. The second-order valence-corrected chi connectivity index (χ2v) is 6.65. The summed E-state index contributed by atoms with van der Waals surface area (Å²) in [4.78, 5) is 24.8. The zero-order chi connectivity index (χ0) is 18.7. The normalized spacial score (nSPS) is 17.0. The zero-order valence-electron chi connectivity index (χ0n) is 15.1. The van der Waals surface area contributed by atoms with Gasteiger partial charge in [-0.15, -0.1) is 0 Å². The monoisotopic (exact) mass is 360 g/mol. The van der Waals surface area contributed by atoms with Crippen molar-refractivity contribution < 1.29 is 19.4 Å². The molecular weight excluding hydrogens is 336 g/mol. The number of likely N-dealkylation sites (tertiary alicyclic amines) is 1. The van der Waals surface area contributed by atoms with Gasteiger partial charge in [0.1, 0.15) is 0 Å². The Morgan fingerprint density at radius 3 is 2.92 bits per heavy atom. The highest BCUT2D eigenvalue weighted by Gasteiger charge is 2.26. The summed E-state index contributed by atoms with van der Waals surface area (Å²) < 4.78 is 6.81. The van der Waals surface area contributed by atoms with E-state index in [-0.39, 0.29) is 11.8 Å². The fraction of sp³-hybridized carbons (Fsp3) is 0.500. The maximum absolute atomic E-state index is 12.3. The van der Waals surface area contributed by atoms with Crippen LogP contribution in [-0.4, -0.2) is 65.1 Å². The molecular formula is C18H24N4O4. The molecule has 1 unspecified atom stereocenters. The zero-order valence-corrected chi connectivity index (χ0v) is 15.1. The minimum Gasteiger partial charge on any atom is -0.465 e. The highest BCUT2D eigenvalue weighted by atomic mass is 16.5. The first-order valence-corrected chi connectivity index (χ1v) is 8.71. The maximum Gasteiger partial charge on any atom is 0.407 e. The van der Waals surface area contributed by atoms with Crippen molar-refractivity contribution >= 4 is 22.9 Å². The third-order valence-corrected chi connectivity index (χ3v) is 4.84. The number of carbonyl (C=O) groups excluding carboxylic acids is 1. The van der Waals surface area contributed by atoms with Crippen LogP contribution in [0.5, 0.6) is 0 Å². The second kappa shape index (κ2) is 7.74. The molecule has 1 aromatic carbocycles. The van der Waals surface area contributed by atoms with Crippen molar-refractivity contribution in [3.63, 3.8) is 0 Å². The summed E-state index contributed by atoms with van der Waals surface area (Å²) in [5, 5.41) is 17.4. The minimum absolute atomic E-state index is 0.123. The van der Waals surface area contributed by atoms with Crippen molar-refractivity contribution in [3.8, 4) is 0 Å². The number of carboxylic acid groups (broad SMARTS) is 1. The van der Waals surface area contributed by atoms with E-state index in [9.17, 15) is 9.59 Å². The van der Waals surface area contributed by atoms with Gasteiger partial charge in [0, 0.05) is 50.4 Å². The van der Waals surface area contributed by atoms with Crippen LogP contribution >= 0.6 is 0 Å². The lowest BCUT2D eigenvalue weighted by Gasteiger charge is -2.12. The van der Waals surface area contributed by atoms with Gasteiger partial charge in [-0.25, -0.2) is 4.79 Å². The quantitative estimate of drug-likeness (QED) is 0.765. The average Bonchev–Trinajstić information content (AvgIpc) is 3.23. The number of hydrogen-bond acceptors (Lipinski definition) is 4. The molecule has 1 saturated heterocycles. The first-order chi connectivity index (χ1) is 12.5. The Hall–Kier alpha value is -2.61. The van der Waals surface area contributed by atoms with Crippen molar-refractivity contribution in [2.24, 2.45) is 5.92 Å². The molecule has 2 amide bonds. The number of nitrogens with zero attached hydrogens (tertiary/aromatic N) is 3.